The normalized spacial score (nSPS) is 14.7. The fourth-order valence-electron chi connectivity index (χ4n) is 2.64. The zero-order chi connectivity index (χ0) is 15.0. The molecule has 2 aromatic carbocycles. The first-order valence-corrected chi connectivity index (χ1v) is 8.94. The highest BCUT2D eigenvalue weighted by Gasteiger charge is 2.20. The van der Waals surface area contributed by atoms with Crippen LogP contribution in [-0.2, 0) is 12.8 Å². The van der Waals surface area contributed by atoms with Gasteiger partial charge >= 0.3 is 0 Å². The molecule has 1 unspecified atom stereocenters. The largest absolute Gasteiger partial charge is 0.493 e. The van der Waals surface area contributed by atoms with E-state index in [-0.39, 0.29) is 6.04 Å². The van der Waals surface area contributed by atoms with Crippen molar-refractivity contribution in [3.8, 4) is 5.75 Å². The van der Waals surface area contributed by atoms with E-state index in [0.29, 0.717) is 0 Å². The Morgan fingerprint density at radius 1 is 1.33 bits per heavy atom. The Labute approximate surface area is 151 Å². The van der Waals surface area contributed by atoms with Crippen molar-refractivity contribution >= 4 is 50.1 Å². The Kier molecular flexibility index (Phi) is 4.78. The van der Waals surface area contributed by atoms with Gasteiger partial charge in [-0.15, -0.1) is 0 Å². The number of halogens is 3. The second kappa shape index (κ2) is 6.44. The summed E-state index contributed by atoms with van der Waals surface area (Å²) in [5, 5.41) is 0.755. The van der Waals surface area contributed by atoms with E-state index >= 15 is 0 Å². The highest BCUT2D eigenvalue weighted by molar-refractivity contribution is 14.1. The molecule has 0 saturated carbocycles. The van der Waals surface area contributed by atoms with Gasteiger partial charge in [0.25, 0.3) is 0 Å². The summed E-state index contributed by atoms with van der Waals surface area (Å²) >= 11 is 12.0. The van der Waals surface area contributed by atoms with E-state index < -0.39 is 0 Å². The lowest BCUT2D eigenvalue weighted by Gasteiger charge is -2.17. The van der Waals surface area contributed by atoms with Crippen LogP contribution in [0.5, 0.6) is 5.75 Å². The number of fused-ring (bicyclic) bond motifs is 1. The molecule has 0 spiro atoms. The molecule has 0 fully saturated rings. The second-order valence-corrected chi connectivity index (χ2v) is 7.64. The molecule has 5 heteroatoms. The van der Waals surface area contributed by atoms with Gasteiger partial charge in [0.2, 0.25) is 0 Å². The SMILES string of the molecule is NC(Cc1cc(Cl)cc2c1OCC2)c1cc(Br)ccc1I. The minimum absolute atomic E-state index is 0.0823. The maximum absolute atomic E-state index is 6.42. The summed E-state index contributed by atoms with van der Waals surface area (Å²) in [6, 6.07) is 10.0. The molecule has 110 valence electrons. The van der Waals surface area contributed by atoms with Gasteiger partial charge in [0.05, 0.1) is 6.61 Å². The highest BCUT2D eigenvalue weighted by Crippen LogP contribution is 2.35. The molecule has 3 rings (SSSR count). The molecule has 1 aliphatic rings. The summed E-state index contributed by atoms with van der Waals surface area (Å²) in [4.78, 5) is 0. The lowest BCUT2D eigenvalue weighted by molar-refractivity contribution is 0.352. The lowest BCUT2D eigenvalue weighted by atomic mass is 9.97. The van der Waals surface area contributed by atoms with E-state index in [1.807, 2.05) is 18.2 Å². The van der Waals surface area contributed by atoms with Crippen molar-refractivity contribution in [3.05, 3.63) is 60.1 Å². The van der Waals surface area contributed by atoms with Crippen LogP contribution in [0.4, 0.5) is 0 Å². The van der Waals surface area contributed by atoms with Crippen LogP contribution in [0.2, 0.25) is 5.02 Å². The van der Waals surface area contributed by atoms with Crippen molar-refractivity contribution in [1.82, 2.24) is 0 Å². The van der Waals surface area contributed by atoms with E-state index in [0.717, 1.165) is 45.8 Å². The van der Waals surface area contributed by atoms with Gasteiger partial charge in [-0.3, -0.25) is 0 Å². The molecule has 0 radical (unpaired) electrons. The first kappa shape index (κ1) is 15.6. The molecule has 0 saturated heterocycles. The van der Waals surface area contributed by atoms with E-state index in [9.17, 15) is 0 Å². The first-order chi connectivity index (χ1) is 10.0. The summed E-state index contributed by atoms with van der Waals surface area (Å²) in [7, 11) is 0. The average molecular weight is 479 g/mol. The number of nitrogens with two attached hydrogens (primary N) is 1. The quantitative estimate of drug-likeness (QED) is 0.638. The summed E-state index contributed by atoms with van der Waals surface area (Å²) in [5.41, 5.74) is 9.84. The van der Waals surface area contributed by atoms with Crippen LogP contribution in [-0.4, -0.2) is 6.61 Å². The Hall–Kier alpha value is -0.300. The maximum Gasteiger partial charge on any atom is 0.125 e. The molecule has 0 aliphatic carbocycles. The molecule has 0 amide bonds. The number of ether oxygens (including phenoxy) is 1. The van der Waals surface area contributed by atoms with E-state index in [2.05, 4.69) is 50.7 Å². The fraction of sp³-hybridized carbons (Fsp3) is 0.250. The molecule has 1 aliphatic heterocycles. The summed E-state index contributed by atoms with van der Waals surface area (Å²) in [6.45, 7) is 0.729. The average Bonchev–Trinajstić information content (AvgIpc) is 2.89. The molecular weight excluding hydrogens is 464 g/mol. The van der Waals surface area contributed by atoms with Gasteiger partial charge in [-0.2, -0.15) is 0 Å². The number of rotatable bonds is 3. The van der Waals surface area contributed by atoms with Crippen molar-refractivity contribution in [1.29, 1.82) is 0 Å². The van der Waals surface area contributed by atoms with Gasteiger partial charge in [-0.1, -0.05) is 27.5 Å². The summed E-state index contributed by atoms with van der Waals surface area (Å²) in [5.74, 6) is 0.972. The zero-order valence-electron chi connectivity index (χ0n) is 11.2. The van der Waals surface area contributed by atoms with E-state index in [1.165, 1.54) is 9.13 Å². The van der Waals surface area contributed by atoms with Crippen LogP contribution in [0, 0.1) is 3.57 Å². The minimum atomic E-state index is -0.0823. The molecule has 1 atom stereocenters. The smallest absolute Gasteiger partial charge is 0.125 e. The molecule has 1 heterocycles. The van der Waals surface area contributed by atoms with Crippen LogP contribution in [0.3, 0.4) is 0 Å². The van der Waals surface area contributed by atoms with Crippen molar-refractivity contribution in [3.63, 3.8) is 0 Å². The van der Waals surface area contributed by atoms with Crippen molar-refractivity contribution in [2.24, 2.45) is 5.73 Å². The van der Waals surface area contributed by atoms with Crippen LogP contribution >= 0.6 is 50.1 Å². The lowest BCUT2D eigenvalue weighted by Crippen LogP contribution is -2.15. The first-order valence-electron chi connectivity index (χ1n) is 6.69. The standard InChI is InChI=1S/C16H14BrClINO/c17-11-1-2-14(19)13(8-11)15(20)7-10-6-12(18)5-9-3-4-21-16(9)10/h1-2,5-6,8,15H,3-4,7,20H2. The van der Waals surface area contributed by atoms with Crippen molar-refractivity contribution in [2.45, 2.75) is 18.9 Å². The Morgan fingerprint density at radius 2 is 2.14 bits per heavy atom. The fourth-order valence-corrected chi connectivity index (χ4v) is 4.02. The van der Waals surface area contributed by atoms with E-state index in [4.69, 9.17) is 22.1 Å². The van der Waals surface area contributed by atoms with Gasteiger partial charge in [-0.25, -0.2) is 0 Å². The summed E-state index contributed by atoms with van der Waals surface area (Å²) in [6.07, 6.45) is 1.64. The van der Waals surface area contributed by atoms with E-state index in [1.54, 1.807) is 0 Å². The predicted molar refractivity (Wildman–Crippen MR) is 98.1 cm³/mol. The number of hydrogen-bond acceptors (Lipinski definition) is 2. The molecule has 2 N–H and O–H groups in total. The Balaban J connectivity index is 1.92. The summed E-state index contributed by atoms with van der Waals surface area (Å²) < 4.78 is 7.96. The second-order valence-electron chi connectivity index (χ2n) is 5.13. The highest BCUT2D eigenvalue weighted by atomic mass is 127. The zero-order valence-corrected chi connectivity index (χ0v) is 15.7. The molecular formula is C16H14BrClINO. The Morgan fingerprint density at radius 3 is 2.95 bits per heavy atom. The van der Waals surface area contributed by atoms with Gasteiger partial charge in [-0.05, 0) is 76.0 Å². The minimum Gasteiger partial charge on any atom is -0.493 e. The number of hydrogen-bond donors (Lipinski definition) is 1. The third-order valence-corrected chi connectivity index (χ3v) is 5.32. The van der Waals surface area contributed by atoms with Gasteiger partial charge in [0.1, 0.15) is 5.75 Å². The molecule has 0 aromatic heterocycles. The monoisotopic (exact) mass is 477 g/mol. The van der Waals surface area contributed by atoms with Gasteiger partial charge < -0.3 is 10.5 Å². The molecule has 0 bridgehead atoms. The number of benzene rings is 2. The molecule has 21 heavy (non-hydrogen) atoms. The van der Waals surface area contributed by atoms with Crippen LogP contribution < -0.4 is 10.5 Å². The topological polar surface area (TPSA) is 35.2 Å². The molecule has 2 aromatic rings. The Bertz CT molecular complexity index is 692. The van der Waals surface area contributed by atoms with Crippen molar-refractivity contribution in [2.75, 3.05) is 6.61 Å². The maximum atomic E-state index is 6.42. The van der Waals surface area contributed by atoms with Crippen LogP contribution in [0.25, 0.3) is 0 Å². The third-order valence-electron chi connectivity index (χ3n) is 3.62. The van der Waals surface area contributed by atoms with Crippen molar-refractivity contribution < 1.29 is 4.74 Å². The third kappa shape index (κ3) is 3.38. The van der Waals surface area contributed by atoms with Gasteiger partial charge in [0.15, 0.2) is 0 Å². The molecule has 2 nitrogen and oxygen atoms in total. The van der Waals surface area contributed by atoms with Crippen LogP contribution in [0.1, 0.15) is 22.7 Å². The predicted octanol–water partition coefficient (Wildman–Crippen LogP) is 4.88. The van der Waals surface area contributed by atoms with Gasteiger partial charge in [0, 0.05) is 25.5 Å². The van der Waals surface area contributed by atoms with Crippen LogP contribution in [0.15, 0.2) is 34.8 Å².